The number of benzene rings is 2. The van der Waals surface area contributed by atoms with Gasteiger partial charge in [-0.1, -0.05) is 44.2 Å². The minimum Gasteiger partial charge on any atom is -0.443 e. The molecule has 2 aromatic rings. The number of ether oxygens (including phenoxy) is 1. The van der Waals surface area contributed by atoms with Crippen LogP contribution in [0, 0.1) is 16.0 Å². The number of anilines is 1. The van der Waals surface area contributed by atoms with Gasteiger partial charge in [-0.05, 0) is 50.3 Å². The van der Waals surface area contributed by atoms with Gasteiger partial charge in [0.2, 0.25) is 10.0 Å². The first-order valence-corrected chi connectivity index (χ1v) is 13.3. The van der Waals surface area contributed by atoms with E-state index in [1.807, 2.05) is 19.9 Å². The van der Waals surface area contributed by atoms with Crippen LogP contribution in [0.4, 0.5) is 16.2 Å². The number of amides is 1. The van der Waals surface area contributed by atoms with Gasteiger partial charge in [0, 0.05) is 24.1 Å². The number of alkyl carbamates (subject to hydrolysis) is 1. The fourth-order valence-corrected chi connectivity index (χ4v) is 4.80. The van der Waals surface area contributed by atoms with Crippen LogP contribution in [0.25, 0.3) is 0 Å². The molecule has 0 saturated heterocycles. The Bertz CT molecular complexity index is 1150. The molecule has 0 aromatic heterocycles. The maximum absolute atomic E-state index is 13.0. The van der Waals surface area contributed by atoms with Gasteiger partial charge in [-0.3, -0.25) is 14.8 Å². The summed E-state index contributed by atoms with van der Waals surface area (Å²) in [7, 11) is -4.12. The van der Waals surface area contributed by atoms with Gasteiger partial charge in [0.1, 0.15) is 12.2 Å². The van der Waals surface area contributed by atoms with Crippen molar-refractivity contribution in [2.75, 3.05) is 10.5 Å². The number of hydrogen-bond donors (Lipinski definition) is 3. The molecule has 0 fully saturated rings. The maximum Gasteiger partial charge on any atom is 0.407 e. The summed E-state index contributed by atoms with van der Waals surface area (Å²) in [5.74, 6) is -0.628. The van der Waals surface area contributed by atoms with Gasteiger partial charge in [0.05, 0.1) is 16.4 Å². The van der Waals surface area contributed by atoms with Gasteiger partial charge < -0.3 is 15.2 Å². The zero-order valence-electron chi connectivity index (χ0n) is 21.2. The fraction of sp³-hybridized carbons (Fsp3) is 0.480. The number of rotatable bonds is 11. The Kier molecular flexibility index (Phi) is 9.83. The Morgan fingerprint density at radius 2 is 1.75 bits per heavy atom. The molecule has 11 heteroatoms. The Morgan fingerprint density at radius 1 is 1.11 bits per heavy atom. The molecule has 36 heavy (non-hydrogen) atoms. The first kappa shape index (κ1) is 29.1. The van der Waals surface area contributed by atoms with Crippen molar-refractivity contribution >= 4 is 27.5 Å². The van der Waals surface area contributed by atoms with E-state index < -0.39 is 44.5 Å². The van der Waals surface area contributed by atoms with E-state index in [2.05, 4.69) is 10.0 Å². The number of nitro groups is 1. The SMILES string of the molecule is CC(C)Cc1cc([N+](=O)[O-])ccc1NS(=O)(=O)C[C@H](O)[C@H](Cc1ccccc1)OC(=O)NC(C)(C)C. The van der Waals surface area contributed by atoms with Crippen molar-refractivity contribution in [1.82, 2.24) is 5.32 Å². The summed E-state index contributed by atoms with van der Waals surface area (Å²) in [6.45, 7) is 9.13. The lowest BCUT2D eigenvalue weighted by molar-refractivity contribution is -0.384. The molecule has 0 bridgehead atoms. The summed E-state index contributed by atoms with van der Waals surface area (Å²) >= 11 is 0. The third-order valence-electron chi connectivity index (χ3n) is 5.03. The van der Waals surface area contributed by atoms with Crippen molar-refractivity contribution in [3.05, 3.63) is 69.8 Å². The molecule has 2 atom stereocenters. The first-order valence-electron chi connectivity index (χ1n) is 11.6. The number of aliphatic hydroxyl groups is 1. The van der Waals surface area contributed by atoms with Gasteiger partial charge in [0.25, 0.3) is 5.69 Å². The summed E-state index contributed by atoms with van der Waals surface area (Å²) in [4.78, 5) is 23.0. The molecule has 0 radical (unpaired) electrons. The molecule has 10 nitrogen and oxygen atoms in total. The van der Waals surface area contributed by atoms with Crippen LogP contribution in [0.5, 0.6) is 0 Å². The molecule has 0 spiro atoms. The molecular weight excluding hydrogens is 486 g/mol. The largest absolute Gasteiger partial charge is 0.443 e. The smallest absolute Gasteiger partial charge is 0.407 e. The molecular formula is C25H35N3O7S. The molecule has 1 amide bonds. The third kappa shape index (κ3) is 9.82. The molecule has 0 aliphatic carbocycles. The van der Waals surface area contributed by atoms with E-state index in [0.717, 1.165) is 5.56 Å². The number of aliphatic hydroxyl groups excluding tert-OH is 1. The molecule has 2 rings (SSSR count). The van der Waals surface area contributed by atoms with E-state index in [4.69, 9.17) is 4.74 Å². The Hall–Kier alpha value is -3.18. The second-order valence-electron chi connectivity index (χ2n) is 10.2. The van der Waals surface area contributed by atoms with E-state index in [9.17, 15) is 28.4 Å². The lowest BCUT2D eigenvalue weighted by Crippen LogP contribution is -2.46. The van der Waals surface area contributed by atoms with Crippen molar-refractivity contribution in [2.24, 2.45) is 5.92 Å². The molecule has 3 N–H and O–H groups in total. The van der Waals surface area contributed by atoms with E-state index >= 15 is 0 Å². The number of nitrogens with one attached hydrogen (secondary N) is 2. The zero-order chi connectivity index (χ0) is 27.1. The highest BCUT2D eigenvalue weighted by atomic mass is 32.2. The number of carbonyl (C=O) groups excluding carboxylic acids is 1. The van der Waals surface area contributed by atoms with Crippen molar-refractivity contribution in [3.8, 4) is 0 Å². The highest BCUT2D eigenvalue weighted by Crippen LogP contribution is 2.26. The van der Waals surface area contributed by atoms with Crippen LogP contribution in [0.15, 0.2) is 48.5 Å². The zero-order valence-corrected chi connectivity index (χ0v) is 22.0. The van der Waals surface area contributed by atoms with Gasteiger partial charge in [-0.2, -0.15) is 0 Å². The summed E-state index contributed by atoms with van der Waals surface area (Å²) in [5.41, 5.74) is 0.696. The molecule has 0 saturated carbocycles. The van der Waals surface area contributed by atoms with Crippen LogP contribution in [0.3, 0.4) is 0 Å². The predicted octanol–water partition coefficient (Wildman–Crippen LogP) is 4.03. The Morgan fingerprint density at radius 3 is 2.31 bits per heavy atom. The van der Waals surface area contributed by atoms with Crippen molar-refractivity contribution in [2.45, 2.75) is 65.2 Å². The van der Waals surface area contributed by atoms with Crippen molar-refractivity contribution in [3.63, 3.8) is 0 Å². The maximum atomic E-state index is 13.0. The minimum absolute atomic E-state index is 0.102. The molecule has 198 valence electrons. The molecule has 0 heterocycles. The number of non-ortho nitro benzene ring substituents is 1. The second-order valence-corrected chi connectivity index (χ2v) is 11.9. The van der Waals surface area contributed by atoms with Crippen LogP contribution in [-0.4, -0.2) is 48.0 Å². The van der Waals surface area contributed by atoms with E-state index in [1.165, 1.54) is 18.2 Å². The number of sulfonamides is 1. The average molecular weight is 522 g/mol. The normalized spacial score (nSPS) is 13.6. The van der Waals surface area contributed by atoms with Gasteiger partial charge in [-0.15, -0.1) is 0 Å². The number of nitro benzene ring substituents is 1. The highest BCUT2D eigenvalue weighted by molar-refractivity contribution is 7.92. The van der Waals surface area contributed by atoms with E-state index in [1.54, 1.807) is 45.0 Å². The summed E-state index contributed by atoms with van der Waals surface area (Å²) in [5, 5.41) is 24.7. The lowest BCUT2D eigenvalue weighted by Gasteiger charge is -2.27. The minimum atomic E-state index is -4.12. The van der Waals surface area contributed by atoms with E-state index in [-0.39, 0.29) is 23.7 Å². The molecule has 0 aliphatic rings. The third-order valence-corrected chi connectivity index (χ3v) is 6.34. The Balaban J connectivity index is 2.24. The first-order chi connectivity index (χ1) is 16.6. The predicted molar refractivity (Wildman–Crippen MR) is 138 cm³/mol. The van der Waals surface area contributed by atoms with Gasteiger partial charge in [-0.25, -0.2) is 13.2 Å². The van der Waals surface area contributed by atoms with Crippen molar-refractivity contribution in [1.29, 1.82) is 0 Å². The lowest BCUT2D eigenvalue weighted by atomic mass is 10.0. The Labute approximate surface area is 212 Å². The van der Waals surface area contributed by atoms with Gasteiger partial charge in [0.15, 0.2) is 0 Å². The second kappa shape index (κ2) is 12.2. The monoisotopic (exact) mass is 521 g/mol. The fourth-order valence-electron chi connectivity index (χ4n) is 3.52. The molecule has 0 unspecified atom stereocenters. The summed E-state index contributed by atoms with van der Waals surface area (Å²) in [6.07, 6.45) is -2.94. The van der Waals surface area contributed by atoms with Crippen LogP contribution in [0.2, 0.25) is 0 Å². The number of carbonyl (C=O) groups is 1. The van der Waals surface area contributed by atoms with Crippen LogP contribution < -0.4 is 10.0 Å². The van der Waals surface area contributed by atoms with Crippen LogP contribution >= 0.6 is 0 Å². The summed E-state index contributed by atoms with van der Waals surface area (Å²) < 4.78 is 33.8. The molecule has 0 aliphatic heterocycles. The van der Waals surface area contributed by atoms with Crippen LogP contribution in [0.1, 0.15) is 45.7 Å². The molecule has 2 aromatic carbocycles. The number of hydrogen-bond acceptors (Lipinski definition) is 7. The highest BCUT2D eigenvalue weighted by Gasteiger charge is 2.30. The van der Waals surface area contributed by atoms with Crippen LogP contribution in [-0.2, 0) is 27.6 Å². The average Bonchev–Trinajstić information content (AvgIpc) is 2.73. The van der Waals surface area contributed by atoms with E-state index in [0.29, 0.717) is 12.0 Å². The quantitative estimate of drug-likeness (QED) is 0.299. The standard InChI is InChI=1S/C25H35N3O7S/c1-17(2)13-19-15-20(28(31)32)11-12-21(19)27-36(33,34)16-22(29)23(14-18-9-7-6-8-10-18)35-24(30)26-25(3,4)5/h6-12,15,17,22-23,27,29H,13-14,16H2,1-5H3,(H,26,30)/t22-,23-/m0/s1. The van der Waals surface area contributed by atoms with Crippen molar-refractivity contribution < 1.29 is 28.0 Å². The topological polar surface area (TPSA) is 148 Å². The summed E-state index contributed by atoms with van der Waals surface area (Å²) in [6, 6.07) is 12.9. The van der Waals surface area contributed by atoms with Gasteiger partial charge >= 0.3 is 6.09 Å². The number of nitrogens with zero attached hydrogens (tertiary/aromatic N) is 1.